The van der Waals surface area contributed by atoms with Crippen LogP contribution in [0.4, 0.5) is 0 Å². The number of rotatable bonds is 1. The molecule has 0 aromatic heterocycles. The Balaban J connectivity index is 1.90. The fourth-order valence-electron chi connectivity index (χ4n) is 2.05. The summed E-state index contributed by atoms with van der Waals surface area (Å²) in [6, 6.07) is 0.230. The van der Waals surface area contributed by atoms with Crippen LogP contribution in [0.5, 0.6) is 0 Å². The molecule has 3 heteroatoms. The van der Waals surface area contributed by atoms with E-state index in [9.17, 15) is 5.11 Å². The van der Waals surface area contributed by atoms with Crippen molar-refractivity contribution in [3.63, 3.8) is 0 Å². The molecule has 0 aliphatic carbocycles. The predicted octanol–water partition coefficient (Wildman–Crippen LogP) is 0.398. The normalized spacial score (nSPS) is 36.8. The summed E-state index contributed by atoms with van der Waals surface area (Å²) in [5.74, 6) is 0. The van der Waals surface area contributed by atoms with Gasteiger partial charge in [-0.05, 0) is 12.8 Å². The van der Waals surface area contributed by atoms with Crippen LogP contribution >= 0.6 is 0 Å². The van der Waals surface area contributed by atoms with Crippen molar-refractivity contribution in [2.45, 2.75) is 25.0 Å². The van der Waals surface area contributed by atoms with Crippen LogP contribution in [0.2, 0.25) is 0 Å². The number of hydrogen-bond acceptors (Lipinski definition) is 3. The van der Waals surface area contributed by atoms with Gasteiger partial charge in [-0.15, -0.1) is 0 Å². The van der Waals surface area contributed by atoms with Gasteiger partial charge in [0.05, 0.1) is 25.4 Å². The summed E-state index contributed by atoms with van der Waals surface area (Å²) in [7, 11) is 0. The smallest absolute Gasteiger partial charge is 0.0950 e. The zero-order chi connectivity index (χ0) is 9.26. The standard InChI is InChI=1S/C10H17NO2/c1-8-2-4-11(5-3-8)9-6-13-7-10(9)12/h9-10,12H,1-7H2. The van der Waals surface area contributed by atoms with Crippen molar-refractivity contribution < 1.29 is 9.84 Å². The first-order valence-electron chi connectivity index (χ1n) is 4.94. The van der Waals surface area contributed by atoms with Crippen LogP contribution in [0.25, 0.3) is 0 Å². The molecule has 1 N–H and O–H groups in total. The van der Waals surface area contributed by atoms with Crippen molar-refractivity contribution in [1.82, 2.24) is 4.90 Å². The molecule has 0 bridgehead atoms. The van der Waals surface area contributed by atoms with Gasteiger partial charge in [-0.25, -0.2) is 0 Å². The Morgan fingerprint density at radius 1 is 1.31 bits per heavy atom. The highest BCUT2D eigenvalue weighted by atomic mass is 16.5. The van der Waals surface area contributed by atoms with Gasteiger partial charge in [0.1, 0.15) is 0 Å². The fourth-order valence-corrected chi connectivity index (χ4v) is 2.05. The van der Waals surface area contributed by atoms with Crippen LogP contribution < -0.4 is 0 Å². The van der Waals surface area contributed by atoms with Crippen molar-refractivity contribution in [3.8, 4) is 0 Å². The molecule has 0 amide bonds. The number of hydrogen-bond donors (Lipinski definition) is 1. The summed E-state index contributed by atoms with van der Waals surface area (Å²) in [5.41, 5.74) is 1.34. The number of nitrogens with zero attached hydrogens (tertiary/aromatic N) is 1. The summed E-state index contributed by atoms with van der Waals surface area (Å²) in [6.45, 7) is 7.23. The zero-order valence-electron chi connectivity index (χ0n) is 7.91. The molecule has 2 aliphatic heterocycles. The van der Waals surface area contributed by atoms with E-state index in [-0.39, 0.29) is 12.1 Å². The molecule has 2 aliphatic rings. The highest BCUT2D eigenvalue weighted by molar-refractivity contribution is 5.01. The van der Waals surface area contributed by atoms with Gasteiger partial charge < -0.3 is 9.84 Å². The second-order valence-corrected chi connectivity index (χ2v) is 3.96. The van der Waals surface area contributed by atoms with Gasteiger partial charge in [0.15, 0.2) is 0 Å². The van der Waals surface area contributed by atoms with E-state index in [1.165, 1.54) is 5.57 Å². The van der Waals surface area contributed by atoms with E-state index in [1.54, 1.807) is 0 Å². The van der Waals surface area contributed by atoms with Gasteiger partial charge >= 0.3 is 0 Å². The highest BCUT2D eigenvalue weighted by Gasteiger charge is 2.32. The van der Waals surface area contributed by atoms with Crippen molar-refractivity contribution in [1.29, 1.82) is 0 Å². The number of piperidine rings is 1. The third-order valence-electron chi connectivity index (χ3n) is 3.00. The topological polar surface area (TPSA) is 32.7 Å². The Morgan fingerprint density at radius 3 is 2.54 bits per heavy atom. The van der Waals surface area contributed by atoms with Crippen LogP contribution in [-0.4, -0.2) is 48.5 Å². The van der Waals surface area contributed by atoms with Crippen LogP contribution in [0.3, 0.4) is 0 Å². The van der Waals surface area contributed by atoms with Crippen molar-refractivity contribution in [2.24, 2.45) is 0 Å². The summed E-state index contributed by atoms with van der Waals surface area (Å²) in [6.07, 6.45) is 1.86. The molecule has 0 aromatic carbocycles. The molecular formula is C10H17NO2. The molecule has 2 saturated heterocycles. The predicted molar refractivity (Wildman–Crippen MR) is 50.6 cm³/mol. The average Bonchev–Trinajstić information content (AvgIpc) is 2.53. The minimum Gasteiger partial charge on any atom is -0.389 e. The molecule has 0 saturated carbocycles. The number of aliphatic hydroxyl groups excluding tert-OH is 1. The molecule has 2 rings (SSSR count). The van der Waals surface area contributed by atoms with Crippen LogP contribution in [0.15, 0.2) is 12.2 Å². The summed E-state index contributed by atoms with van der Waals surface area (Å²) < 4.78 is 5.24. The second kappa shape index (κ2) is 3.78. The SMILES string of the molecule is C=C1CCN(C2COCC2O)CC1. The molecule has 13 heavy (non-hydrogen) atoms. The molecular weight excluding hydrogens is 166 g/mol. The minimum atomic E-state index is -0.286. The maximum atomic E-state index is 9.62. The summed E-state index contributed by atoms with van der Waals surface area (Å²) in [4.78, 5) is 2.33. The average molecular weight is 183 g/mol. The Bertz CT molecular complexity index is 195. The van der Waals surface area contributed by atoms with E-state index < -0.39 is 0 Å². The maximum Gasteiger partial charge on any atom is 0.0950 e. The molecule has 2 heterocycles. The van der Waals surface area contributed by atoms with Crippen LogP contribution in [0.1, 0.15) is 12.8 Å². The van der Waals surface area contributed by atoms with Gasteiger partial charge in [-0.3, -0.25) is 4.90 Å². The van der Waals surface area contributed by atoms with E-state index in [2.05, 4.69) is 11.5 Å². The van der Waals surface area contributed by atoms with E-state index >= 15 is 0 Å². The number of aliphatic hydroxyl groups is 1. The van der Waals surface area contributed by atoms with Gasteiger partial charge in [0.2, 0.25) is 0 Å². The lowest BCUT2D eigenvalue weighted by Crippen LogP contribution is -2.45. The Hall–Kier alpha value is -0.380. The third kappa shape index (κ3) is 1.93. The van der Waals surface area contributed by atoms with Crippen molar-refractivity contribution >= 4 is 0 Å². The van der Waals surface area contributed by atoms with Gasteiger partial charge in [-0.1, -0.05) is 12.2 Å². The molecule has 0 aromatic rings. The highest BCUT2D eigenvalue weighted by Crippen LogP contribution is 2.20. The summed E-state index contributed by atoms with van der Waals surface area (Å²) >= 11 is 0. The van der Waals surface area contributed by atoms with E-state index in [1.807, 2.05) is 0 Å². The second-order valence-electron chi connectivity index (χ2n) is 3.96. The molecule has 2 atom stereocenters. The van der Waals surface area contributed by atoms with E-state index in [4.69, 9.17) is 4.74 Å². The minimum absolute atomic E-state index is 0.230. The molecule has 2 fully saturated rings. The van der Waals surface area contributed by atoms with E-state index in [0.717, 1.165) is 25.9 Å². The maximum absolute atomic E-state index is 9.62. The van der Waals surface area contributed by atoms with Crippen LogP contribution in [0, 0.1) is 0 Å². The Morgan fingerprint density at radius 2 is 2.00 bits per heavy atom. The van der Waals surface area contributed by atoms with Crippen molar-refractivity contribution in [2.75, 3.05) is 26.3 Å². The lowest BCUT2D eigenvalue weighted by atomic mass is 10.0. The number of likely N-dealkylation sites (tertiary alicyclic amines) is 1. The third-order valence-corrected chi connectivity index (χ3v) is 3.00. The summed E-state index contributed by atoms with van der Waals surface area (Å²) in [5, 5.41) is 9.62. The number of ether oxygens (including phenoxy) is 1. The quantitative estimate of drug-likeness (QED) is 0.597. The zero-order valence-corrected chi connectivity index (χ0v) is 7.91. The Labute approximate surface area is 79.0 Å². The largest absolute Gasteiger partial charge is 0.389 e. The molecule has 3 nitrogen and oxygen atoms in total. The van der Waals surface area contributed by atoms with Crippen molar-refractivity contribution in [3.05, 3.63) is 12.2 Å². The van der Waals surface area contributed by atoms with Gasteiger partial charge in [-0.2, -0.15) is 0 Å². The first-order valence-corrected chi connectivity index (χ1v) is 4.94. The Kier molecular flexibility index (Phi) is 2.67. The first-order chi connectivity index (χ1) is 6.27. The lowest BCUT2D eigenvalue weighted by Gasteiger charge is -2.33. The molecule has 2 unspecified atom stereocenters. The van der Waals surface area contributed by atoms with Gasteiger partial charge in [0.25, 0.3) is 0 Å². The van der Waals surface area contributed by atoms with E-state index in [0.29, 0.717) is 13.2 Å². The first kappa shape index (κ1) is 9.19. The molecule has 0 radical (unpaired) electrons. The monoisotopic (exact) mass is 183 g/mol. The molecule has 74 valence electrons. The van der Waals surface area contributed by atoms with Gasteiger partial charge in [0, 0.05) is 13.1 Å². The molecule has 0 spiro atoms. The lowest BCUT2D eigenvalue weighted by molar-refractivity contribution is 0.0773. The fraction of sp³-hybridized carbons (Fsp3) is 0.800. The van der Waals surface area contributed by atoms with Crippen LogP contribution in [-0.2, 0) is 4.74 Å².